The number of fused-ring (bicyclic) bond motifs is 1. The van der Waals surface area contributed by atoms with Crippen LogP contribution in [0.25, 0.3) is 11.0 Å². The molecule has 2 N–H and O–H groups in total. The van der Waals surface area contributed by atoms with Gasteiger partial charge in [-0.05, 0) is 50.0 Å². The molecule has 0 saturated carbocycles. The van der Waals surface area contributed by atoms with Gasteiger partial charge in [0.05, 0.1) is 23.4 Å². The van der Waals surface area contributed by atoms with Gasteiger partial charge in [0.2, 0.25) is 0 Å². The molecule has 166 valence electrons. The zero-order chi connectivity index (χ0) is 20.6. The van der Waals surface area contributed by atoms with Crippen molar-refractivity contribution in [3.8, 4) is 0 Å². The second-order valence-corrected chi connectivity index (χ2v) is 7.83. The molecular weight excluding hydrogens is 499 g/mol. The van der Waals surface area contributed by atoms with Crippen LogP contribution in [0.5, 0.6) is 0 Å². The molecule has 0 aliphatic carbocycles. The highest BCUT2D eigenvalue weighted by molar-refractivity contribution is 14.0. The Morgan fingerprint density at radius 1 is 1.03 bits per heavy atom. The molecule has 0 amide bonds. The van der Waals surface area contributed by atoms with Crippen molar-refractivity contribution in [1.82, 2.24) is 25.1 Å². The van der Waals surface area contributed by atoms with E-state index in [1.165, 1.54) is 37.0 Å². The number of benzene rings is 2. The van der Waals surface area contributed by atoms with Gasteiger partial charge < -0.3 is 15.2 Å². The Hall–Kier alpha value is -2.13. The van der Waals surface area contributed by atoms with Crippen LogP contribution in [0.4, 0.5) is 0 Å². The van der Waals surface area contributed by atoms with E-state index < -0.39 is 0 Å². The first-order valence-electron chi connectivity index (χ1n) is 11.0. The summed E-state index contributed by atoms with van der Waals surface area (Å²) in [6, 6.07) is 19.5. The van der Waals surface area contributed by atoms with Gasteiger partial charge in [-0.15, -0.1) is 24.0 Å². The summed E-state index contributed by atoms with van der Waals surface area (Å²) < 4.78 is 2.21. The Morgan fingerprint density at radius 3 is 2.55 bits per heavy atom. The number of hydrogen-bond acceptors (Lipinski definition) is 3. The predicted octanol–water partition coefficient (Wildman–Crippen LogP) is 4.05. The predicted molar refractivity (Wildman–Crippen MR) is 139 cm³/mol. The molecule has 4 rings (SSSR count). The standard InChI is InChI=1S/C24H32N6.HI/c1-25-24(26-14-9-17-30-19-28-21-12-5-6-13-22(21)30)27-18-23(29-15-7-8-16-29)20-10-3-2-4-11-20;/h2-6,10-13,19,23H,7-9,14-18H2,1H3,(H2,25,26,27);1H. The number of aromatic nitrogens is 2. The van der Waals surface area contributed by atoms with Gasteiger partial charge in [0.25, 0.3) is 0 Å². The van der Waals surface area contributed by atoms with Crippen molar-refractivity contribution in [3.05, 3.63) is 66.5 Å². The van der Waals surface area contributed by atoms with Crippen LogP contribution < -0.4 is 10.6 Å². The van der Waals surface area contributed by atoms with Gasteiger partial charge in [0.1, 0.15) is 0 Å². The zero-order valence-electron chi connectivity index (χ0n) is 18.2. The first-order valence-corrected chi connectivity index (χ1v) is 11.0. The largest absolute Gasteiger partial charge is 0.356 e. The van der Waals surface area contributed by atoms with E-state index >= 15 is 0 Å². The van der Waals surface area contributed by atoms with Crippen molar-refractivity contribution in [2.75, 3.05) is 33.2 Å². The quantitative estimate of drug-likeness (QED) is 0.199. The number of aliphatic imine (C=N–C) groups is 1. The topological polar surface area (TPSA) is 57.5 Å². The van der Waals surface area contributed by atoms with Crippen molar-refractivity contribution in [2.45, 2.75) is 31.8 Å². The molecule has 1 aliphatic heterocycles. The number of guanidine groups is 1. The van der Waals surface area contributed by atoms with Crippen LogP contribution in [0.2, 0.25) is 0 Å². The van der Waals surface area contributed by atoms with E-state index in [0.29, 0.717) is 6.04 Å². The Kier molecular flexibility index (Phi) is 9.14. The van der Waals surface area contributed by atoms with Gasteiger partial charge in [-0.25, -0.2) is 4.98 Å². The summed E-state index contributed by atoms with van der Waals surface area (Å²) >= 11 is 0. The second kappa shape index (κ2) is 12.0. The highest BCUT2D eigenvalue weighted by Gasteiger charge is 2.23. The van der Waals surface area contributed by atoms with Crippen LogP contribution in [-0.2, 0) is 6.54 Å². The minimum atomic E-state index is 0. The molecule has 1 aliphatic rings. The van der Waals surface area contributed by atoms with Crippen LogP contribution in [-0.4, -0.2) is 53.6 Å². The summed E-state index contributed by atoms with van der Waals surface area (Å²) in [5.41, 5.74) is 3.61. The van der Waals surface area contributed by atoms with Crippen molar-refractivity contribution >= 4 is 41.0 Å². The summed E-state index contributed by atoms with van der Waals surface area (Å²) in [5, 5.41) is 7.01. The number of likely N-dealkylation sites (tertiary alicyclic amines) is 1. The summed E-state index contributed by atoms with van der Waals surface area (Å²) in [7, 11) is 1.84. The Balaban J connectivity index is 0.00000272. The van der Waals surface area contributed by atoms with Gasteiger partial charge in [-0.2, -0.15) is 0 Å². The Labute approximate surface area is 202 Å². The molecule has 1 unspecified atom stereocenters. The van der Waals surface area contributed by atoms with Crippen molar-refractivity contribution in [2.24, 2.45) is 4.99 Å². The minimum absolute atomic E-state index is 0. The molecule has 7 heteroatoms. The third-order valence-corrected chi connectivity index (χ3v) is 5.85. The van der Waals surface area contributed by atoms with E-state index in [0.717, 1.165) is 37.5 Å². The lowest BCUT2D eigenvalue weighted by atomic mass is 10.1. The van der Waals surface area contributed by atoms with Gasteiger partial charge in [-0.1, -0.05) is 42.5 Å². The van der Waals surface area contributed by atoms with E-state index in [4.69, 9.17) is 0 Å². The summed E-state index contributed by atoms with van der Waals surface area (Å²) in [6.45, 7) is 5.00. The van der Waals surface area contributed by atoms with Gasteiger partial charge in [-0.3, -0.25) is 9.89 Å². The van der Waals surface area contributed by atoms with Gasteiger partial charge >= 0.3 is 0 Å². The maximum atomic E-state index is 4.47. The zero-order valence-corrected chi connectivity index (χ0v) is 20.5. The van der Waals surface area contributed by atoms with Crippen molar-refractivity contribution in [1.29, 1.82) is 0 Å². The van der Waals surface area contributed by atoms with Gasteiger partial charge in [0, 0.05) is 26.7 Å². The van der Waals surface area contributed by atoms with Crippen LogP contribution in [0.1, 0.15) is 30.9 Å². The van der Waals surface area contributed by atoms with Crippen LogP contribution in [0.3, 0.4) is 0 Å². The summed E-state index contributed by atoms with van der Waals surface area (Å²) in [6.07, 6.45) is 5.52. The molecule has 0 spiro atoms. The summed E-state index contributed by atoms with van der Waals surface area (Å²) in [5.74, 6) is 0.866. The number of imidazole rings is 1. The normalized spacial score (nSPS) is 15.6. The molecule has 0 radical (unpaired) electrons. The van der Waals surface area contributed by atoms with E-state index in [1.54, 1.807) is 0 Å². The maximum absolute atomic E-state index is 4.47. The number of nitrogens with zero attached hydrogens (tertiary/aromatic N) is 4. The first-order chi connectivity index (χ1) is 14.8. The second-order valence-electron chi connectivity index (χ2n) is 7.83. The first kappa shape index (κ1) is 23.5. The molecule has 2 heterocycles. The summed E-state index contributed by atoms with van der Waals surface area (Å²) in [4.78, 5) is 11.5. The van der Waals surface area contributed by atoms with E-state index in [9.17, 15) is 0 Å². The number of aryl methyl sites for hydroxylation is 1. The molecule has 1 aromatic heterocycles. The lowest BCUT2D eigenvalue weighted by Crippen LogP contribution is -2.43. The maximum Gasteiger partial charge on any atom is 0.191 e. The molecular formula is C24H33IN6. The lowest BCUT2D eigenvalue weighted by Gasteiger charge is -2.29. The number of halogens is 1. The number of nitrogens with one attached hydrogen (secondary N) is 2. The lowest BCUT2D eigenvalue weighted by molar-refractivity contribution is 0.245. The molecule has 2 aromatic carbocycles. The average Bonchev–Trinajstić information content (AvgIpc) is 3.47. The molecule has 31 heavy (non-hydrogen) atoms. The highest BCUT2D eigenvalue weighted by atomic mass is 127. The minimum Gasteiger partial charge on any atom is -0.356 e. The van der Waals surface area contributed by atoms with Crippen LogP contribution in [0.15, 0.2) is 65.9 Å². The molecule has 6 nitrogen and oxygen atoms in total. The fraction of sp³-hybridized carbons (Fsp3) is 0.417. The fourth-order valence-electron chi connectivity index (χ4n) is 4.24. The third-order valence-electron chi connectivity index (χ3n) is 5.85. The average molecular weight is 532 g/mol. The smallest absolute Gasteiger partial charge is 0.191 e. The molecule has 1 atom stereocenters. The van der Waals surface area contributed by atoms with Crippen molar-refractivity contribution in [3.63, 3.8) is 0 Å². The van der Waals surface area contributed by atoms with Gasteiger partial charge in [0.15, 0.2) is 5.96 Å². The fourth-order valence-corrected chi connectivity index (χ4v) is 4.24. The molecule has 1 saturated heterocycles. The molecule has 3 aromatic rings. The Morgan fingerprint density at radius 2 is 1.77 bits per heavy atom. The Bertz CT molecular complexity index is 949. The van der Waals surface area contributed by atoms with E-state index in [1.807, 2.05) is 19.4 Å². The third kappa shape index (κ3) is 6.20. The van der Waals surface area contributed by atoms with E-state index in [2.05, 4.69) is 78.6 Å². The van der Waals surface area contributed by atoms with E-state index in [-0.39, 0.29) is 24.0 Å². The number of para-hydroxylation sites is 2. The number of hydrogen-bond donors (Lipinski definition) is 2. The number of rotatable bonds is 8. The van der Waals surface area contributed by atoms with Crippen molar-refractivity contribution < 1.29 is 0 Å². The SMILES string of the molecule is CN=C(NCCCn1cnc2ccccc21)NCC(c1ccccc1)N1CCCC1.I. The van der Waals surface area contributed by atoms with Crippen LogP contribution >= 0.6 is 24.0 Å². The van der Waals surface area contributed by atoms with Crippen LogP contribution in [0, 0.1) is 0 Å². The highest BCUT2D eigenvalue weighted by Crippen LogP contribution is 2.24. The monoisotopic (exact) mass is 532 g/mol. The molecule has 0 bridgehead atoms. The molecule has 1 fully saturated rings.